The van der Waals surface area contributed by atoms with E-state index in [2.05, 4.69) is 44.8 Å². The molecule has 31 heavy (non-hydrogen) atoms. The number of tetrazole rings is 1. The van der Waals surface area contributed by atoms with Crippen molar-refractivity contribution in [1.82, 2.24) is 40.3 Å². The van der Waals surface area contributed by atoms with E-state index in [1.54, 1.807) is 15.7 Å². The fraction of sp³-hybridized carbons (Fsp3) is 0.550. The van der Waals surface area contributed by atoms with Gasteiger partial charge in [-0.05, 0) is 53.6 Å². The molecule has 4 heterocycles. The molecule has 4 atom stereocenters. The van der Waals surface area contributed by atoms with Crippen molar-refractivity contribution < 1.29 is 14.2 Å². The predicted octanol–water partition coefficient (Wildman–Crippen LogP) is 1.39. The first kappa shape index (κ1) is 20.0. The highest BCUT2D eigenvalue weighted by Crippen LogP contribution is 2.36. The van der Waals surface area contributed by atoms with Crippen molar-refractivity contribution in [3.63, 3.8) is 0 Å². The van der Waals surface area contributed by atoms with Crippen molar-refractivity contribution in [2.75, 3.05) is 19.8 Å². The van der Waals surface area contributed by atoms with Gasteiger partial charge in [-0.15, -0.1) is 0 Å². The molecule has 1 aromatic carbocycles. The lowest BCUT2D eigenvalue weighted by atomic mass is 10.1. The molecular weight excluding hydrogens is 400 g/mol. The van der Waals surface area contributed by atoms with Crippen molar-refractivity contribution in [3.8, 4) is 17.4 Å². The summed E-state index contributed by atoms with van der Waals surface area (Å²) in [6.45, 7) is 6.49. The molecule has 11 nitrogen and oxygen atoms in total. The van der Waals surface area contributed by atoms with Crippen molar-refractivity contribution in [1.29, 1.82) is 0 Å². The Bertz CT molecular complexity index is 975. The Labute approximate surface area is 179 Å². The van der Waals surface area contributed by atoms with Gasteiger partial charge in [-0.3, -0.25) is 0 Å². The van der Waals surface area contributed by atoms with Crippen LogP contribution in [-0.4, -0.2) is 73.0 Å². The van der Waals surface area contributed by atoms with E-state index in [0.717, 1.165) is 18.7 Å². The Morgan fingerprint density at radius 3 is 2.77 bits per heavy atom. The van der Waals surface area contributed by atoms with E-state index in [0.29, 0.717) is 30.9 Å². The van der Waals surface area contributed by atoms with Crippen LogP contribution in [0.15, 0.2) is 36.9 Å². The Morgan fingerprint density at radius 2 is 2.00 bits per heavy atom. The van der Waals surface area contributed by atoms with Gasteiger partial charge >= 0.3 is 6.01 Å². The lowest BCUT2D eigenvalue weighted by Gasteiger charge is -2.18. The minimum absolute atomic E-state index is 0.0174. The van der Waals surface area contributed by atoms with Crippen LogP contribution in [0.5, 0.6) is 11.8 Å². The molecule has 0 amide bonds. The molecule has 0 bridgehead atoms. The molecule has 5 rings (SSSR count). The normalized spacial score (nSPS) is 25.3. The number of fused-ring (bicyclic) bond motifs is 1. The second-order valence-electron chi connectivity index (χ2n) is 8.25. The zero-order valence-electron chi connectivity index (χ0n) is 17.5. The number of rotatable bonds is 8. The Kier molecular flexibility index (Phi) is 5.62. The van der Waals surface area contributed by atoms with Crippen molar-refractivity contribution in [2.45, 2.75) is 44.6 Å². The number of benzene rings is 1. The maximum Gasteiger partial charge on any atom is 0.341 e. The third-order valence-electron chi connectivity index (χ3n) is 5.66. The maximum atomic E-state index is 6.07. The molecule has 0 unspecified atom stereocenters. The number of ether oxygens (including phenoxy) is 3. The molecule has 2 fully saturated rings. The largest absolute Gasteiger partial charge is 0.423 e. The predicted molar refractivity (Wildman–Crippen MR) is 109 cm³/mol. The summed E-state index contributed by atoms with van der Waals surface area (Å²) in [4.78, 5) is 3.96. The Hall–Kier alpha value is -2.89. The average Bonchev–Trinajstić information content (AvgIpc) is 3.55. The van der Waals surface area contributed by atoms with E-state index in [1.807, 2.05) is 24.3 Å². The lowest BCUT2D eigenvalue weighted by molar-refractivity contribution is 0.0611. The zero-order valence-corrected chi connectivity index (χ0v) is 17.5. The van der Waals surface area contributed by atoms with Crippen LogP contribution in [-0.2, 0) is 9.47 Å². The van der Waals surface area contributed by atoms with Crippen molar-refractivity contribution >= 4 is 0 Å². The SMILES string of the molecule is CC(C)CCN[C@H]1CO[C@H]2[C@@H]1OC[C@@H]2n1nnnc1Oc1ccc(-n2cncn2)cc1. The van der Waals surface area contributed by atoms with Gasteiger partial charge in [-0.1, -0.05) is 18.9 Å². The average molecular weight is 426 g/mol. The third kappa shape index (κ3) is 4.16. The molecular formula is C20H26N8O3. The van der Waals surface area contributed by atoms with E-state index in [9.17, 15) is 0 Å². The molecule has 11 heteroatoms. The fourth-order valence-electron chi connectivity index (χ4n) is 4.00. The zero-order chi connectivity index (χ0) is 21.2. The fourth-order valence-corrected chi connectivity index (χ4v) is 4.00. The van der Waals surface area contributed by atoms with E-state index in [1.165, 1.54) is 6.33 Å². The smallest absolute Gasteiger partial charge is 0.341 e. The summed E-state index contributed by atoms with van der Waals surface area (Å²) in [5, 5.41) is 19.7. The van der Waals surface area contributed by atoms with Gasteiger partial charge in [-0.2, -0.15) is 9.78 Å². The Balaban J connectivity index is 1.25. The van der Waals surface area contributed by atoms with E-state index in [-0.39, 0.29) is 24.3 Å². The molecule has 2 saturated heterocycles. The van der Waals surface area contributed by atoms with E-state index >= 15 is 0 Å². The van der Waals surface area contributed by atoms with E-state index in [4.69, 9.17) is 14.2 Å². The molecule has 0 radical (unpaired) electrons. The number of nitrogens with zero attached hydrogens (tertiary/aromatic N) is 7. The number of hydrogen-bond acceptors (Lipinski definition) is 9. The molecule has 0 aliphatic carbocycles. The topological polar surface area (TPSA) is 114 Å². The molecule has 3 aromatic rings. The molecule has 2 aliphatic rings. The van der Waals surface area contributed by atoms with Crippen LogP contribution < -0.4 is 10.1 Å². The van der Waals surface area contributed by atoms with Gasteiger partial charge in [0.05, 0.1) is 24.9 Å². The Morgan fingerprint density at radius 1 is 1.16 bits per heavy atom. The summed E-state index contributed by atoms with van der Waals surface area (Å²) in [6, 6.07) is 7.80. The van der Waals surface area contributed by atoms with Gasteiger partial charge in [0.15, 0.2) is 0 Å². The highest BCUT2D eigenvalue weighted by molar-refractivity contribution is 5.37. The summed E-state index contributed by atoms with van der Waals surface area (Å²) in [6.07, 6.45) is 4.12. The van der Waals surface area contributed by atoms with Crippen molar-refractivity contribution in [3.05, 3.63) is 36.9 Å². The van der Waals surface area contributed by atoms with Gasteiger partial charge < -0.3 is 19.5 Å². The quantitative estimate of drug-likeness (QED) is 0.571. The first-order valence-electron chi connectivity index (χ1n) is 10.6. The van der Waals surface area contributed by atoms with Crippen LogP contribution in [0.3, 0.4) is 0 Å². The number of hydrogen-bond donors (Lipinski definition) is 1. The van der Waals surface area contributed by atoms with Gasteiger partial charge in [0.25, 0.3) is 0 Å². The highest BCUT2D eigenvalue weighted by Gasteiger charge is 2.49. The van der Waals surface area contributed by atoms with Crippen LogP contribution in [0.2, 0.25) is 0 Å². The first-order chi connectivity index (χ1) is 15.2. The summed E-state index contributed by atoms with van der Waals surface area (Å²) in [5.41, 5.74) is 0.881. The van der Waals surface area contributed by atoms with Crippen LogP contribution in [0, 0.1) is 5.92 Å². The summed E-state index contributed by atoms with van der Waals surface area (Å²) in [5.74, 6) is 1.28. The minimum Gasteiger partial charge on any atom is -0.423 e. The van der Waals surface area contributed by atoms with Gasteiger partial charge in [0.2, 0.25) is 0 Å². The minimum atomic E-state index is -0.138. The first-order valence-corrected chi connectivity index (χ1v) is 10.6. The van der Waals surface area contributed by atoms with Crippen LogP contribution in [0.25, 0.3) is 5.69 Å². The van der Waals surface area contributed by atoms with Gasteiger partial charge in [0.1, 0.15) is 36.7 Å². The van der Waals surface area contributed by atoms with Crippen molar-refractivity contribution in [2.24, 2.45) is 5.92 Å². The maximum absolute atomic E-state index is 6.07. The molecule has 0 spiro atoms. The standard InChI is InChI=1S/C20H26N8O3/c1-13(2)7-8-22-16-9-29-19-17(10-30-18(16)19)28-20(24-25-26-28)31-15-5-3-14(4-6-15)27-12-21-11-23-27/h3-6,11-13,16-19,22H,7-10H2,1-2H3/t16-,17-,18+,19+/m0/s1. The lowest BCUT2D eigenvalue weighted by Crippen LogP contribution is -2.41. The van der Waals surface area contributed by atoms with Gasteiger partial charge in [-0.25, -0.2) is 9.67 Å². The molecule has 2 aliphatic heterocycles. The van der Waals surface area contributed by atoms with Crippen LogP contribution in [0.1, 0.15) is 26.3 Å². The second-order valence-corrected chi connectivity index (χ2v) is 8.25. The highest BCUT2D eigenvalue weighted by atomic mass is 16.6. The number of aromatic nitrogens is 7. The molecule has 1 N–H and O–H groups in total. The molecule has 164 valence electrons. The monoisotopic (exact) mass is 426 g/mol. The molecule has 2 aromatic heterocycles. The van der Waals surface area contributed by atoms with Crippen LogP contribution >= 0.6 is 0 Å². The van der Waals surface area contributed by atoms with Crippen LogP contribution in [0.4, 0.5) is 0 Å². The summed E-state index contributed by atoms with van der Waals surface area (Å²) >= 11 is 0. The number of nitrogens with one attached hydrogen (secondary N) is 1. The van der Waals surface area contributed by atoms with Gasteiger partial charge in [0, 0.05) is 0 Å². The van der Waals surface area contributed by atoms with E-state index < -0.39 is 0 Å². The summed E-state index contributed by atoms with van der Waals surface area (Å²) in [7, 11) is 0. The summed E-state index contributed by atoms with van der Waals surface area (Å²) < 4.78 is 21.4. The third-order valence-corrected chi connectivity index (χ3v) is 5.66. The molecule has 0 saturated carbocycles. The second kappa shape index (κ2) is 8.69.